The van der Waals surface area contributed by atoms with Gasteiger partial charge < -0.3 is 15.2 Å². The molecule has 1 amide bonds. The molecule has 0 spiro atoms. The third kappa shape index (κ3) is 2.10. The molecule has 0 radical (unpaired) electrons. The van der Waals surface area contributed by atoms with Gasteiger partial charge in [0, 0.05) is 35.8 Å². The molecule has 2 aliphatic rings. The lowest BCUT2D eigenvalue weighted by Crippen LogP contribution is -2.40. The van der Waals surface area contributed by atoms with Crippen molar-refractivity contribution in [2.75, 3.05) is 13.1 Å². The van der Waals surface area contributed by atoms with Gasteiger partial charge in [0.1, 0.15) is 5.69 Å². The Bertz CT molecular complexity index is 467. The molecule has 1 atom stereocenters. The lowest BCUT2D eigenvalue weighted by atomic mass is 10.2. The predicted molar refractivity (Wildman–Crippen MR) is 73.5 cm³/mol. The fraction of sp³-hybridized carbons (Fsp3) is 0.615. The van der Waals surface area contributed by atoms with Crippen molar-refractivity contribution in [3.63, 3.8) is 0 Å². The van der Waals surface area contributed by atoms with E-state index in [0.717, 1.165) is 29.6 Å². The van der Waals surface area contributed by atoms with E-state index in [1.165, 1.54) is 12.8 Å². The molecule has 1 saturated carbocycles. The molecule has 3 rings (SSSR count). The molecular formula is C13H18BrN3O. The molecule has 4 nitrogen and oxygen atoms in total. The topological polar surface area (TPSA) is 51.3 Å². The predicted octanol–water partition coefficient (Wildman–Crippen LogP) is 2.15. The van der Waals surface area contributed by atoms with Crippen LogP contribution >= 0.6 is 15.9 Å². The highest BCUT2D eigenvalue weighted by molar-refractivity contribution is 9.10. The summed E-state index contributed by atoms with van der Waals surface area (Å²) in [5, 5.41) is 0. The van der Waals surface area contributed by atoms with Crippen LogP contribution in [0.3, 0.4) is 0 Å². The number of likely N-dealkylation sites (tertiary alicyclic amines) is 1. The first-order valence-electron chi connectivity index (χ1n) is 6.59. The van der Waals surface area contributed by atoms with E-state index in [4.69, 9.17) is 5.73 Å². The van der Waals surface area contributed by atoms with E-state index in [1.54, 1.807) is 0 Å². The van der Waals surface area contributed by atoms with Crippen LogP contribution in [0, 0.1) is 0 Å². The minimum atomic E-state index is 0.139. The van der Waals surface area contributed by atoms with Crippen molar-refractivity contribution in [1.82, 2.24) is 9.47 Å². The summed E-state index contributed by atoms with van der Waals surface area (Å²) in [7, 11) is 0. The summed E-state index contributed by atoms with van der Waals surface area (Å²) in [6.45, 7) is 1.41. The third-order valence-corrected chi connectivity index (χ3v) is 4.32. The zero-order valence-electron chi connectivity index (χ0n) is 10.3. The number of aromatic nitrogens is 1. The van der Waals surface area contributed by atoms with Crippen LogP contribution < -0.4 is 5.73 Å². The standard InChI is InChI=1S/C13H18BrN3O/c14-9-6-12(17(8-9)10-3-4-10)13(18)16-5-1-2-11(16)7-15/h6,8,10-11H,1-5,7,15H2. The maximum absolute atomic E-state index is 12.6. The molecular weight excluding hydrogens is 294 g/mol. The van der Waals surface area contributed by atoms with Gasteiger partial charge in [0.2, 0.25) is 0 Å². The van der Waals surface area contributed by atoms with E-state index in [1.807, 2.05) is 17.2 Å². The summed E-state index contributed by atoms with van der Waals surface area (Å²) < 4.78 is 3.11. The average molecular weight is 312 g/mol. The second-order valence-corrected chi connectivity index (χ2v) is 6.13. The molecule has 1 aromatic rings. The maximum Gasteiger partial charge on any atom is 0.270 e. The van der Waals surface area contributed by atoms with E-state index in [2.05, 4.69) is 20.5 Å². The number of amides is 1. The first kappa shape index (κ1) is 12.2. The maximum atomic E-state index is 12.6. The number of hydrogen-bond donors (Lipinski definition) is 1. The van der Waals surface area contributed by atoms with Gasteiger partial charge in [-0.1, -0.05) is 0 Å². The zero-order valence-corrected chi connectivity index (χ0v) is 11.9. The van der Waals surface area contributed by atoms with Crippen LogP contribution in [-0.4, -0.2) is 34.5 Å². The van der Waals surface area contributed by atoms with Gasteiger partial charge in [0.15, 0.2) is 0 Å². The Morgan fingerprint density at radius 2 is 2.22 bits per heavy atom. The summed E-state index contributed by atoms with van der Waals surface area (Å²) in [6.07, 6.45) is 6.49. The molecule has 1 aliphatic heterocycles. The third-order valence-electron chi connectivity index (χ3n) is 3.88. The molecule has 1 aliphatic carbocycles. The summed E-state index contributed by atoms with van der Waals surface area (Å²) in [4.78, 5) is 14.6. The van der Waals surface area contributed by atoms with E-state index in [0.29, 0.717) is 12.6 Å². The Morgan fingerprint density at radius 1 is 1.44 bits per heavy atom. The largest absolute Gasteiger partial charge is 0.339 e. The van der Waals surface area contributed by atoms with E-state index in [-0.39, 0.29) is 11.9 Å². The van der Waals surface area contributed by atoms with Crippen molar-refractivity contribution in [3.05, 3.63) is 22.4 Å². The molecule has 2 fully saturated rings. The van der Waals surface area contributed by atoms with Crippen LogP contribution in [0.25, 0.3) is 0 Å². The van der Waals surface area contributed by atoms with Gasteiger partial charge in [-0.3, -0.25) is 4.79 Å². The van der Waals surface area contributed by atoms with Crippen LogP contribution in [0.4, 0.5) is 0 Å². The number of carbonyl (C=O) groups is 1. The van der Waals surface area contributed by atoms with Gasteiger partial charge in [-0.25, -0.2) is 0 Å². The SMILES string of the molecule is NCC1CCCN1C(=O)c1cc(Br)cn1C1CC1. The van der Waals surface area contributed by atoms with Gasteiger partial charge in [0.25, 0.3) is 5.91 Å². The van der Waals surface area contributed by atoms with Gasteiger partial charge in [-0.15, -0.1) is 0 Å². The van der Waals surface area contributed by atoms with Crippen LogP contribution in [0.5, 0.6) is 0 Å². The molecule has 1 saturated heterocycles. The number of rotatable bonds is 3. The molecule has 0 aromatic carbocycles. The molecule has 5 heteroatoms. The van der Waals surface area contributed by atoms with Gasteiger partial charge >= 0.3 is 0 Å². The monoisotopic (exact) mass is 311 g/mol. The molecule has 1 unspecified atom stereocenters. The van der Waals surface area contributed by atoms with Crippen molar-refractivity contribution in [2.24, 2.45) is 5.73 Å². The van der Waals surface area contributed by atoms with Crippen molar-refractivity contribution < 1.29 is 4.79 Å². The molecule has 18 heavy (non-hydrogen) atoms. The fourth-order valence-corrected chi connectivity index (χ4v) is 3.20. The summed E-state index contributed by atoms with van der Waals surface area (Å²) in [6, 6.07) is 2.68. The highest BCUT2D eigenvalue weighted by Gasteiger charge is 2.33. The van der Waals surface area contributed by atoms with Crippen molar-refractivity contribution >= 4 is 21.8 Å². The number of hydrogen-bond acceptors (Lipinski definition) is 2. The second kappa shape index (κ2) is 4.70. The van der Waals surface area contributed by atoms with Gasteiger partial charge in [-0.05, 0) is 47.7 Å². The van der Waals surface area contributed by atoms with E-state index >= 15 is 0 Å². The zero-order chi connectivity index (χ0) is 12.7. The Labute approximate surface area is 115 Å². The number of halogens is 1. The lowest BCUT2D eigenvalue weighted by molar-refractivity contribution is 0.0730. The molecule has 1 aromatic heterocycles. The minimum Gasteiger partial charge on any atom is -0.339 e. The normalized spacial score (nSPS) is 23.7. The Balaban J connectivity index is 1.87. The van der Waals surface area contributed by atoms with Crippen LogP contribution in [-0.2, 0) is 0 Å². The van der Waals surface area contributed by atoms with Gasteiger partial charge in [-0.2, -0.15) is 0 Å². The first-order valence-corrected chi connectivity index (χ1v) is 7.38. The highest BCUT2D eigenvalue weighted by Crippen LogP contribution is 2.38. The second-order valence-electron chi connectivity index (χ2n) is 5.21. The Kier molecular flexibility index (Phi) is 3.20. The van der Waals surface area contributed by atoms with Crippen molar-refractivity contribution in [1.29, 1.82) is 0 Å². The van der Waals surface area contributed by atoms with E-state index < -0.39 is 0 Å². The summed E-state index contributed by atoms with van der Waals surface area (Å²) >= 11 is 3.47. The average Bonchev–Trinajstić information content (AvgIpc) is 2.97. The smallest absolute Gasteiger partial charge is 0.270 e. The number of carbonyl (C=O) groups excluding carboxylic acids is 1. The van der Waals surface area contributed by atoms with Crippen LogP contribution in [0.2, 0.25) is 0 Å². The van der Waals surface area contributed by atoms with Crippen LogP contribution in [0.15, 0.2) is 16.7 Å². The van der Waals surface area contributed by atoms with Crippen molar-refractivity contribution in [3.8, 4) is 0 Å². The molecule has 2 heterocycles. The quantitative estimate of drug-likeness (QED) is 0.930. The highest BCUT2D eigenvalue weighted by atomic mass is 79.9. The fourth-order valence-electron chi connectivity index (χ4n) is 2.77. The summed E-state index contributed by atoms with van der Waals surface area (Å²) in [5.41, 5.74) is 6.56. The van der Waals surface area contributed by atoms with Gasteiger partial charge in [0.05, 0.1) is 0 Å². The lowest BCUT2D eigenvalue weighted by Gasteiger charge is -2.24. The number of nitrogens with zero attached hydrogens (tertiary/aromatic N) is 2. The Hall–Kier alpha value is -0.810. The molecule has 98 valence electrons. The summed E-state index contributed by atoms with van der Waals surface area (Å²) in [5.74, 6) is 0.139. The Morgan fingerprint density at radius 3 is 2.89 bits per heavy atom. The van der Waals surface area contributed by atoms with E-state index in [9.17, 15) is 4.79 Å². The van der Waals surface area contributed by atoms with Crippen molar-refractivity contribution in [2.45, 2.75) is 37.8 Å². The molecule has 0 bridgehead atoms. The van der Waals surface area contributed by atoms with Crippen LogP contribution in [0.1, 0.15) is 42.2 Å². The minimum absolute atomic E-state index is 0.139. The number of nitrogens with two attached hydrogens (primary N) is 1. The molecule has 2 N–H and O–H groups in total. The first-order chi connectivity index (χ1) is 8.70.